The molecule has 5 nitrogen and oxygen atoms in total. The molecule has 5 heteroatoms. The van der Waals surface area contributed by atoms with Gasteiger partial charge in [-0.3, -0.25) is 9.59 Å². The zero-order valence-corrected chi connectivity index (χ0v) is 16.7. The monoisotopic (exact) mass is 414 g/mol. The molecule has 0 heterocycles. The van der Waals surface area contributed by atoms with Crippen LogP contribution in [0.4, 0.5) is 0 Å². The number of aliphatic hydroxyl groups excluding tert-OH is 1. The number of rotatable bonds is 9. The Hall–Kier alpha value is -3.18. The molecule has 30 heavy (non-hydrogen) atoms. The van der Waals surface area contributed by atoms with Gasteiger partial charge in [-0.05, 0) is 24.0 Å². The highest BCUT2D eigenvalue weighted by Gasteiger charge is 2.00. The van der Waals surface area contributed by atoms with E-state index in [2.05, 4.69) is 13.2 Å². The molecule has 0 amide bonds. The average Bonchev–Trinajstić information content (AvgIpc) is 2.77. The Kier molecular flexibility index (Phi) is 19.9. The molecule has 0 saturated carbocycles. The molecule has 0 radical (unpaired) electrons. The summed E-state index contributed by atoms with van der Waals surface area (Å²) in [5, 5.41) is 16.5. The highest BCUT2D eigenvalue weighted by atomic mass is 16.5. The maximum atomic E-state index is 11.1. The average molecular weight is 415 g/mol. The zero-order valence-electron chi connectivity index (χ0n) is 16.7. The van der Waals surface area contributed by atoms with Gasteiger partial charge in [0.2, 0.25) is 0 Å². The van der Waals surface area contributed by atoms with Crippen LogP contribution >= 0.6 is 0 Å². The van der Waals surface area contributed by atoms with Gasteiger partial charge in [-0.25, -0.2) is 0 Å². The highest BCUT2D eigenvalue weighted by Crippen LogP contribution is 2.02. The van der Waals surface area contributed by atoms with Crippen LogP contribution in [0.15, 0.2) is 86.0 Å². The van der Waals surface area contributed by atoms with Crippen LogP contribution in [0, 0.1) is 0 Å². The lowest BCUT2D eigenvalue weighted by Gasteiger charge is -2.03. The van der Waals surface area contributed by atoms with Crippen LogP contribution in [0.5, 0.6) is 0 Å². The Morgan fingerprint density at radius 2 is 1.30 bits per heavy atom. The molecule has 0 aliphatic heterocycles. The van der Waals surface area contributed by atoms with Crippen LogP contribution in [0.2, 0.25) is 0 Å². The van der Waals surface area contributed by atoms with Crippen molar-refractivity contribution in [1.82, 2.24) is 0 Å². The number of carbonyl (C=O) groups excluding carboxylic acids is 1. The lowest BCUT2D eigenvalue weighted by Crippen LogP contribution is -2.03. The maximum absolute atomic E-state index is 11.1. The molecule has 0 aliphatic carbocycles. The summed E-state index contributed by atoms with van der Waals surface area (Å²) in [4.78, 5) is 20.8. The Balaban J connectivity index is 0. The number of allylic oxidation sites excluding steroid dienone is 2. The van der Waals surface area contributed by atoms with Gasteiger partial charge in [-0.1, -0.05) is 80.2 Å². The Morgan fingerprint density at radius 1 is 0.833 bits per heavy atom. The molecule has 164 valence electrons. The molecule has 0 fully saturated rings. The molecular weight excluding hydrogens is 380 g/mol. The first-order valence-electron chi connectivity index (χ1n) is 9.31. The van der Waals surface area contributed by atoms with Crippen LogP contribution in [0.1, 0.15) is 44.2 Å². The van der Waals surface area contributed by atoms with Gasteiger partial charge in [-0.2, -0.15) is 0 Å². The van der Waals surface area contributed by atoms with E-state index in [1.807, 2.05) is 60.7 Å². The third kappa shape index (κ3) is 18.2. The molecule has 0 unspecified atom stereocenters. The smallest absolute Gasteiger partial charge is 0.306 e. The maximum Gasteiger partial charge on any atom is 0.306 e. The predicted molar refractivity (Wildman–Crippen MR) is 122 cm³/mol. The lowest BCUT2D eigenvalue weighted by molar-refractivity contribution is -0.144. The van der Waals surface area contributed by atoms with Gasteiger partial charge >= 0.3 is 11.9 Å². The van der Waals surface area contributed by atoms with E-state index in [1.165, 1.54) is 0 Å². The first kappa shape index (κ1) is 29.0. The first-order valence-corrected chi connectivity index (χ1v) is 9.31. The number of hydrogen-bond acceptors (Lipinski definition) is 4. The molecule has 2 aromatic rings. The molecule has 2 aromatic carbocycles. The number of esters is 1. The third-order valence-electron chi connectivity index (χ3n) is 3.38. The van der Waals surface area contributed by atoms with Gasteiger partial charge in [0, 0.05) is 12.8 Å². The molecule has 0 aliphatic rings. The molecule has 2 N–H and O–H groups in total. The summed E-state index contributed by atoms with van der Waals surface area (Å²) in [5.41, 5.74) is 1.98. The summed E-state index contributed by atoms with van der Waals surface area (Å²) in [6.45, 7) is 7.41. The first-order chi connectivity index (χ1) is 14.0. The quantitative estimate of drug-likeness (QED) is 0.415. The fraction of sp³-hybridized carbons (Fsp3) is 0.280. The molecule has 2 rings (SSSR count). The van der Waals surface area contributed by atoms with E-state index in [1.54, 1.807) is 12.2 Å². The number of aliphatic carboxylic acids is 1. The Labute approximate surface area is 180 Å². The standard InChI is InChI=1S/C12H14O2.C7H8O.C5H8O2.CH4/c1-2-3-9-12(13)14-10-11-7-5-4-6-8-11;8-6-7-4-2-1-3-5-7;1-2-3-4-5(6)7;/h2,4-8H,1,3,9-10H2;1-5,8H,6H2;2H,1,3-4H2,(H,6,7);1H4. The highest BCUT2D eigenvalue weighted by molar-refractivity contribution is 5.69. The van der Waals surface area contributed by atoms with Crippen molar-refractivity contribution in [3.8, 4) is 0 Å². The molecule has 0 spiro atoms. The molecule has 0 saturated heterocycles. The number of ether oxygens (including phenoxy) is 1. The van der Waals surface area contributed by atoms with Gasteiger partial charge in [0.15, 0.2) is 0 Å². The van der Waals surface area contributed by atoms with Crippen molar-refractivity contribution in [2.45, 2.75) is 46.3 Å². The predicted octanol–water partition coefficient (Wildman–Crippen LogP) is 5.55. The number of benzene rings is 2. The van der Waals surface area contributed by atoms with Crippen molar-refractivity contribution in [1.29, 1.82) is 0 Å². The van der Waals surface area contributed by atoms with E-state index in [0.717, 1.165) is 11.1 Å². The zero-order chi connectivity index (χ0) is 21.7. The van der Waals surface area contributed by atoms with Crippen molar-refractivity contribution in [3.63, 3.8) is 0 Å². The van der Waals surface area contributed by atoms with E-state index in [0.29, 0.717) is 25.9 Å². The second-order valence-corrected chi connectivity index (χ2v) is 5.84. The summed E-state index contributed by atoms with van der Waals surface area (Å²) in [5.74, 6) is -0.936. The summed E-state index contributed by atoms with van der Waals surface area (Å²) in [6, 6.07) is 19.2. The van der Waals surface area contributed by atoms with Crippen molar-refractivity contribution in [2.24, 2.45) is 0 Å². The SMILES string of the molecule is C.C=CCCC(=O)O.C=CCCC(=O)OCc1ccccc1.OCc1ccccc1. The van der Waals surface area contributed by atoms with Gasteiger partial charge in [0.25, 0.3) is 0 Å². The fourth-order valence-electron chi connectivity index (χ4n) is 1.84. The van der Waals surface area contributed by atoms with Crippen LogP contribution in [-0.2, 0) is 27.5 Å². The number of carboxylic acids is 1. The number of hydrogen-bond donors (Lipinski definition) is 2. The Bertz CT molecular complexity index is 696. The van der Waals surface area contributed by atoms with E-state index >= 15 is 0 Å². The summed E-state index contributed by atoms with van der Waals surface area (Å²) >= 11 is 0. The van der Waals surface area contributed by atoms with E-state index in [4.69, 9.17) is 14.9 Å². The van der Waals surface area contributed by atoms with Gasteiger partial charge in [0.05, 0.1) is 6.61 Å². The summed E-state index contributed by atoms with van der Waals surface area (Å²) < 4.78 is 5.04. The van der Waals surface area contributed by atoms with Gasteiger partial charge < -0.3 is 14.9 Å². The normalized spacial score (nSPS) is 8.70. The largest absolute Gasteiger partial charge is 0.481 e. The minimum Gasteiger partial charge on any atom is -0.481 e. The number of carboxylic acid groups (broad SMARTS) is 1. The van der Waals surface area contributed by atoms with E-state index in [9.17, 15) is 9.59 Å². The van der Waals surface area contributed by atoms with Crippen LogP contribution < -0.4 is 0 Å². The van der Waals surface area contributed by atoms with Crippen LogP contribution in [-0.4, -0.2) is 22.2 Å². The van der Waals surface area contributed by atoms with E-state index in [-0.39, 0.29) is 26.4 Å². The molecule has 0 atom stereocenters. The third-order valence-corrected chi connectivity index (χ3v) is 3.38. The van der Waals surface area contributed by atoms with Gasteiger partial charge in [-0.15, -0.1) is 13.2 Å². The van der Waals surface area contributed by atoms with Crippen molar-refractivity contribution in [3.05, 3.63) is 97.1 Å². The van der Waals surface area contributed by atoms with Crippen LogP contribution in [0.25, 0.3) is 0 Å². The fourth-order valence-corrected chi connectivity index (χ4v) is 1.84. The minimum absolute atomic E-state index is 0. The van der Waals surface area contributed by atoms with Crippen molar-refractivity contribution >= 4 is 11.9 Å². The summed E-state index contributed by atoms with van der Waals surface area (Å²) in [6.07, 6.45) is 5.15. The minimum atomic E-state index is -0.764. The molecule has 0 aromatic heterocycles. The molecule has 0 bridgehead atoms. The van der Waals surface area contributed by atoms with Crippen molar-refractivity contribution in [2.75, 3.05) is 0 Å². The number of carbonyl (C=O) groups is 2. The lowest BCUT2D eigenvalue weighted by atomic mass is 10.2. The second kappa shape index (κ2) is 20.6. The summed E-state index contributed by atoms with van der Waals surface area (Å²) in [7, 11) is 0. The van der Waals surface area contributed by atoms with Gasteiger partial charge in [0.1, 0.15) is 6.61 Å². The van der Waals surface area contributed by atoms with Crippen LogP contribution in [0.3, 0.4) is 0 Å². The molecular formula is C25H34O5. The number of aliphatic hydroxyl groups is 1. The Morgan fingerprint density at radius 3 is 1.67 bits per heavy atom. The topological polar surface area (TPSA) is 83.8 Å². The second-order valence-electron chi connectivity index (χ2n) is 5.84. The van der Waals surface area contributed by atoms with Crippen molar-refractivity contribution < 1.29 is 24.5 Å². The van der Waals surface area contributed by atoms with E-state index < -0.39 is 5.97 Å².